The van der Waals surface area contributed by atoms with E-state index in [2.05, 4.69) is 0 Å². The van der Waals surface area contributed by atoms with Crippen molar-refractivity contribution in [1.82, 2.24) is 0 Å². The van der Waals surface area contributed by atoms with E-state index in [1.54, 1.807) is 18.2 Å². The van der Waals surface area contributed by atoms with Crippen LogP contribution in [-0.4, -0.2) is 26.2 Å². The molecule has 0 aromatic heterocycles. The molecule has 0 saturated heterocycles. The lowest BCUT2D eigenvalue weighted by Crippen LogP contribution is -2.04. The Kier molecular flexibility index (Phi) is 5.32. The molecule has 4 heteroatoms. The molecule has 16 heavy (non-hydrogen) atoms. The lowest BCUT2D eigenvalue weighted by atomic mass is 10.2. The molecule has 1 rings (SSSR count). The molecule has 1 aromatic rings. The van der Waals surface area contributed by atoms with Gasteiger partial charge in [0.2, 0.25) is 0 Å². The van der Waals surface area contributed by atoms with Crippen molar-refractivity contribution in [3.8, 4) is 11.5 Å². The van der Waals surface area contributed by atoms with Gasteiger partial charge in [-0.1, -0.05) is 6.07 Å². The van der Waals surface area contributed by atoms with Crippen molar-refractivity contribution in [3.05, 3.63) is 23.8 Å². The highest BCUT2D eigenvalue weighted by atomic mass is 19.1. The number of aldehydes is 1. The number of benzene rings is 1. The van der Waals surface area contributed by atoms with E-state index in [0.717, 1.165) is 0 Å². The summed E-state index contributed by atoms with van der Waals surface area (Å²) in [4.78, 5) is 10.8. The van der Waals surface area contributed by atoms with Crippen molar-refractivity contribution in [2.75, 3.05) is 19.9 Å². The van der Waals surface area contributed by atoms with Gasteiger partial charge in [0.05, 0.1) is 25.5 Å². The first-order valence-corrected chi connectivity index (χ1v) is 5.23. The Balaban J connectivity index is 2.85. The van der Waals surface area contributed by atoms with E-state index in [-0.39, 0.29) is 6.61 Å². The largest absolute Gasteiger partial charge is 0.490 e. The quantitative estimate of drug-likeness (QED) is 0.529. The minimum atomic E-state index is -0.437. The van der Waals surface area contributed by atoms with Crippen molar-refractivity contribution in [3.63, 3.8) is 0 Å². The Morgan fingerprint density at radius 3 is 2.81 bits per heavy atom. The van der Waals surface area contributed by atoms with Gasteiger partial charge in [-0.3, -0.25) is 9.18 Å². The second-order valence-corrected chi connectivity index (χ2v) is 3.12. The molecule has 0 spiro atoms. The van der Waals surface area contributed by atoms with E-state index in [4.69, 9.17) is 9.47 Å². The molecule has 0 bridgehead atoms. The predicted molar refractivity (Wildman–Crippen MR) is 59.1 cm³/mol. The number of ether oxygens (including phenoxy) is 2. The van der Waals surface area contributed by atoms with Crippen LogP contribution in [0.25, 0.3) is 0 Å². The Morgan fingerprint density at radius 1 is 1.38 bits per heavy atom. The van der Waals surface area contributed by atoms with Crippen LogP contribution in [0.4, 0.5) is 4.39 Å². The average molecular weight is 226 g/mol. The smallest absolute Gasteiger partial charge is 0.171 e. The molecule has 0 amide bonds. The molecule has 0 atom stereocenters. The second kappa shape index (κ2) is 6.82. The zero-order valence-electron chi connectivity index (χ0n) is 9.24. The minimum absolute atomic E-state index is 0.238. The van der Waals surface area contributed by atoms with E-state index < -0.39 is 6.67 Å². The average Bonchev–Trinajstić information content (AvgIpc) is 2.31. The molecule has 0 N–H and O–H groups in total. The summed E-state index contributed by atoms with van der Waals surface area (Å²) in [5.74, 6) is 0.916. The molecule has 0 aliphatic heterocycles. The molecular weight excluding hydrogens is 211 g/mol. The van der Waals surface area contributed by atoms with Gasteiger partial charge >= 0.3 is 0 Å². The highest BCUT2D eigenvalue weighted by Crippen LogP contribution is 2.30. The van der Waals surface area contributed by atoms with Crippen LogP contribution in [0, 0.1) is 0 Å². The number of alkyl halides is 1. The molecule has 0 fully saturated rings. The van der Waals surface area contributed by atoms with Crippen molar-refractivity contribution in [1.29, 1.82) is 0 Å². The number of hydrogen-bond donors (Lipinski definition) is 0. The van der Waals surface area contributed by atoms with Crippen LogP contribution >= 0.6 is 0 Å². The van der Waals surface area contributed by atoms with E-state index >= 15 is 0 Å². The number of para-hydroxylation sites is 1. The number of carbonyl (C=O) groups is 1. The summed E-state index contributed by atoms with van der Waals surface area (Å²) in [6, 6.07) is 5.08. The van der Waals surface area contributed by atoms with Crippen LogP contribution in [-0.2, 0) is 0 Å². The summed E-state index contributed by atoms with van der Waals surface area (Å²) in [6.45, 7) is 2.13. The van der Waals surface area contributed by atoms with Gasteiger partial charge < -0.3 is 9.47 Å². The monoisotopic (exact) mass is 226 g/mol. The van der Waals surface area contributed by atoms with Crippen LogP contribution in [0.5, 0.6) is 11.5 Å². The maximum atomic E-state index is 11.9. The SMILES string of the molecule is CCOc1cccc(C=O)c1OCCCF. The third kappa shape index (κ3) is 3.22. The molecule has 88 valence electrons. The van der Waals surface area contributed by atoms with Gasteiger partial charge in [-0.05, 0) is 19.1 Å². The summed E-state index contributed by atoms with van der Waals surface area (Å²) in [6.07, 6.45) is 1.01. The Bertz CT molecular complexity index is 339. The van der Waals surface area contributed by atoms with E-state index in [9.17, 15) is 9.18 Å². The number of hydrogen-bond acceptors (Lipinski definition) is 3. The van der Waals surface area contributed by atoms with Crippen molar-refractivity contribution >= 4 is 6.29 Å². The molecule has 0 radical (unpaired) electrons. The van der Waals surface area contributed by atoms with Gasteiger partial charge in [-0.2, -0.15) is 0 Å². The third-order valence-corrected chi connectivity index (χ3v) is 1.96. The molecule has 0 aliphatic rings. The van der Waals surface area contributed by atoms with Crippen molar-refractivity contribution < 1.29 is 18.7 Å². The molecule has 0 unspecified atom stereocenters. The fourth-order valence-electron chi connectivity index (χ4n) is 1.28. The zero-order chi connectivity index (χ0) is 11.8. The van der Waals surface area contributed by atoms with Crippen LogP contribution in [0.3, 0.4) is 0 Å². The predicted octanol–water partition coefficient (Wildman–Crippen LogP) is 2.64. The first-order valence-electron chi connectivity index (χ1n) is 5.23. The van der Waals surface area contributed by atoms with E-state index in [1.165, 1.54) is 0 Å². The first-order chi connectivity index (χ1) is 7.83. The summed E-state index contributed by atoms with van der Waals surface area (Å²) in [5, 5.41) is 0. The highest BCUT2D eigenvalue weighted by molar-refractivity contribution is 5.81. The highest BCUT2D eigenvalue weighted by Gasteiger charge is 2.09. The van der Waals surface area contributed by atoms with Gasteiger partial charge in [0.1, 0.15) is 0 Å². The maximum absolute atomic E-state index is 11.9. The maximum Gasteiger partial charge on any atom is 0.171 e. The number of carbonyl (C=O) groups excluding carboxylic acids is 1. The Labute approximate surface area is 94.2 Å². The van der Waals surface area contributed by atoms with Gasteiger partial charge in [0, 0.05) is 6.42 Å². The lowest BCUT2D eigenvalue weighted by Gasteiger charge is -2.12. The van der Waals surface area contributed by atoms with E-state index in [1.807, 2.05) is 6.92 Å². The zero-order valence-corrected chi connectivity index (χ0v) is 9.24. The lowest BCUT2D eigenvalue weighted by molar-refractivity contribution is 0.111. The van der Waals surface area contributed by atoms with Crippen LogP contribution in [0.2, 0.25) is 0 Å². The van der Waals surface area contributed by atoms with Gasteiger partial charge in [-0.25, -0.2) is 0 Å². The number of halogens is 1. The van der Waals surface area contributed by atoms with Crippen LogP contribution in [0.15, 0.2) is 18.2 Å². The van der Waals surface area contributed by atoms with Gasteiger partial charge in [-0.15, -0.1) is 0 Å². The molecule has 0 aliphatic carbocycles. The van der Waals surface area contributed by atoms with E-state index in [0.29, 0.717) is 36.4 Å². The summed E-state index contributed by atoms with van der Waals surface area (Å²) in [5.41, 5.74) is 0.421. The third-order valence-electron chi connectivity index (χ3n) is 1.96. The van der Waals surface area contributed by atoms with Crippen LogP contribution < -0.4 is 9.47 Å². The fourth-order valence-corrected chi connectivity index (χ4v) is 1.28. The number of rotatable bonds is 7. The molecule has 0 saturated carbocycles. The normalized spacial score (nSPS) is 9.88. The Hall–Kier alpha value is -1.58. The molecular formula is C12H15FO3. The standard InChI is InChI=1S/C12H15FO3/c1-2-15-11-6-3-5-10(9-14)12(11)16-8-4-7-13/h3,5-6,9H,2,4,7-8H2,1H3. The van der Waals surface area contributed by atoms with Crippen molar-refractivity contribution in [2.45, 2.75) is 13.3 Å². The summed E-state index contributed by atoms with van der Waals surface area (Å²) < 4.78 is 22.6. The van der Waals surface area contributed by atoms with Gasteiger partial charge in [0.25, 0.3) is 0 Å². The molecule has 1 aromatic carbocycles. The fraction of sp³-hybridized carbons (Fsp3) is 0.417. The summed E-state index contributed by atoms with van der Waals surface area (Å²) in [7, 11) is 0. The second-order valence-electron chi connectivity index (χ2n) is 3.12. The van der Waals surface area contributed by atoms with Crippen LogP contribution in [0.1, 0.15) is 23.7 Å². The molecule has 0 heterocycles. The Morgan fingerprint density at radius 2 is 2.19 bits per heavy atom. The summed E-state index contributed by atoms with van der Waals surface area (Å²) >= 11 is 0. The molecule has 3 nitrogen and oxygen atoms in total. The van der Waals surface area contributed by atoms with Gasteiger partial charge in [0.15, 0.2) is 17.8 Å². The topological polar surface area (TPSA) is 35.5 Å². The van der Waals surface area contributed by atoms with Crippen molar-refractivity contribution in [2.24, 2.45) is 0 Å². The first kappa shape index (κ1) is 12.5. The minimum Gasteiger partial charge on any atom is -0.490 e.